The molecule has 0 radical (unpaired) electrons. The van der Waals surface area contributed by atoms with Crippen molar-refractivity contribution in [3.05, 3.63) is 64.4 Å². The maximum absolute atomic E-state index is 12.7. The third kappa shape index (κ3) is 2.79. The third-order valence-electron chi connectivity index (χ3n) is 6.03. The Bertz CT molecular complexity index is 1040. The van der Waals surface area contributed by atoms with Crippen molar-refractivity contribution in [1.82, 2.24) is 5.01 Å². The molecule has 6 rings (SSSR count). The van der Waals surface area contributed by atoms with Crippen molar-refractivity contribution in [2.24, 2.45) is 28.8 Å². The van der Waals surface area contributed by atoms with Gasteiger partial charge in [0, 0.05) is 17.7 Å². The summed E-state index contributed by atoms with van der Waals surface area (Å²) >= 11 is 0. The van der Waals surface area contributed by atoms with Crippen molar-refractivity contribution in [1.29, 1.82) is 0 Å². The predicted octanol–water partition coefficient (Wildman–Crippen LogP) is 3.39. The minimum Gasteiger partial charge on any atom is -0.455 e. The van der Waals surface area contributed by atoms with Crippen molar-refractivity contribution in [2.75, 3.05) is 0 Å². The molecule has 3 aliphatic carbocycles. The first-order valence-corrected chi connectivity index (χ1v) is 9.48. The summed E-state index contributed by atoms with van der Waals surface area (Å²) in [5.74, 6) is 0.0745. The molecule has 1 aliphatic heterocycles. The van der Waals surface area contributed by atoms with E-state index in [-0.39, 0.29) is 41.2 Å². The molecule has 4 aliphatic rings. The Morgan fingerprint density at radius 2 is 1.62 bits per heavy atom. The number of carbonyl (C=O) groups is 2. The first-order chi connectivity index (χ1) is 14.0. The number of furan rings is 1. The first-order valence-electron chi connectivity index (χ1n) is 9.48. The van der Waals surface area contributed by atoms with Crippen LogP contribution < -0.4 is 0 Å². The lowest BCUT2D eigenvalue weighted by atomic mass is 9.63. The van der Waals surface area contributed by atoms with Gasteiger partial charge in [-0.2, -0.15) is 10.1 Å². The summed E-state index contributed by atoms with van der Waals surface area (Å²) < 4.78 is 5.69. The number of carbonyl (C=O) groups excluding carboxylic acids is 2. The second kappa shape index (κ2) is 6.51. The summed E-state index contributed by atoms with van der Waals surface area (Å²) in [6.07, 6.45) is 7.37. The zero-order valence-electron chi connectivity index (χ0n) is 15.3. The number of nitro benzene ring substituents is 1. The van der Waals surface area contributed by atoms with E-state index in [0.29, 0.717) is 17.1 Å². The van der Waals surface area contributed by atoms with E-state index < -0.39 is 4.92 Å². The molecular weight excluding hydrogens is 374 g/mol. The molecule has 4 atom stereocenters. The fourth-order valence-corrected chi connectivity index (χ4v) is 4.61. The molecular formula is C21H17N3O5. The molecule has 2 fully saturated rings. The monoisotopic (exact) mass is 391 g/mol. The van der Waals surface area contributed by atoms with Crippen molar-refractivity contribution < 1.29 is 18.9 Å². The molecule has 1 aromatic heterocycles. The van der Waals surface area contributed by atoms with Gasteiger partial charge in [-0.15, -0.1) is 0 Å². The number of nitrogens with zero attached hydrogens (tertiary/aromatic N) is 3. The maximum atomic E-state index is 12.7. The number of amides is 2. The molecule has 29 heavy (non-hydrogen) atoms. The van der Waals surface area contributed by atoms with Crippen LogP contribution in [0.4, 0.5) is 5.69 Å². The van der Waals surface area contributed by atoms with Gasteiger partial charge in [-0.3, -0.25) is 19.7 Å². The van der Waals surface area contributed by atoms with Gasteiger partial charge in [0.05, 0.1) is 23.0 Å². The molecule has 0 spiro atoms. The predicted molar refractivity (Wildman–Crippen MR) is 103 cm³/mol. The SMILES string of the molecule is O=C1[C@@H]2[C@H](C(=O)N1/N=C\c1ccc(-c3ccc([N+](=O)[O-])cc3)o1)[C@@H]1C=C[C@H]2CC1. The first kappa shape index (κ1) is 17.5. The van der Waals surface area contributed by atoms with Crippen LogP contribution in [0.15, 0.2) is 58.1 Å². The average Bonchev–Trinajstić information content (AvgIpc) is 3.32. The smallest absolute Gasteiger partial charge is 0.269 e. The molecule has 2 heterocycles. The lowest BCUT2D eigenvalue weighted by Crippen LogP contribution is -2.38. The van der Waals surface area contributed by atoms with Gasteiger partial charge in [-0.05, 0) is 48.9 Å². The Balaban J connectivity index is 1.34. The number of rotatable bonds is 4. The van der Waals surface area contributed by atoms with E-state index in [2.05, 4.69) is 17.3 Å². The number of hydrazone groups is 1. The van der Waals surface area contributed by atoms with E-state index in [0.717, 1.165) is 17.9 Å². The van der Waals surface area contributed by atoms with E-state index in [9.17, 15) is 19.7 Å². The van der Waals surface area contributed by atoms with Crippen LogP contribution in [0, 0.1) is 33.8 Å². The number of nitro groups is 1. The summed E-state index contributed by atoms with van der Waals surface area (Å²) in [6.45, 7) is 0. The van der Waals surface area contributed by atoms with Gasteiger partial charge in [0.15, 0.2) is 0 Å². The molecule has 1 saturated heterocycles. The topological polar surface area (TPSA) is 106 Å². The number of hydrogen-bond donors (Lipinski definition) is 0. The van der Waals surface area contributed by atoms with E-state index >= 15 is 0 Å². The van der Waals surface area contributed by atoms with Crippen LogP contribution in [0.1, 0.15) is 18.6 Å². The molecule has 2 aromatic rings. The van der Waals surface area contributed by atoms with Crippen LogP contribution in [0.25, 0.3) is 11.3 Å². The average molecular weight is 391 g/mol. The summed E-state index contributed by atoms with van der Waals surface area (Å²) in [7, 11) is 0. The molecule has 2 amide bonds. The van der Waals surface area contributed by atoms with Crippen LogP contribution in [0.3, 0.4) is 0 Å². The zero-order chi connectivity index (χ0) is 20.1. The van der Waals surface area contributed by atoms with Crippen molar-refractivity contribution in [3.63, 3.8) is 0 Å². The van der Waals surface area contributed by atoms with Gasteiger partial charge in [-0.25, -0.2) is 0 Å². The number of non-ortho nitro benzene ring substituents is 1. The van der Waals surface area contributed by atoms with Crippen LogP contribution in [0.2, 0.25) is 0 Å². The van der Waals surface area contributed by atoms with E-state index in [4.69, 9.17) is 4.42 Å². The highest BCUT2D eigenvalue weighted by Crippen LogP contribution is 2.49. The van der Waals surface area contributed by atoms with Crippen molar-refractivity contribution >= 4 is 23.7 Å². The fourth-order valence-electron chi connectivity index (χ4n) is 4.61. The Kier molecular flexibility index (Phi) is 3.94. The normalized spacial score (nSPS) is 27.8. The second-order valence-electron chi connectivity index (χ2n) is 7.58. The fraction of sp³-hybridized carbons (Fsp3) is 0.286. The van der Waals surface area contributed by atoms with Crippen LogP contribution in [0.5, 0.6) is 0 Å². The Morgan fingerprint density at radius 3 is 2.17 bits per heavy atom. The van der Waals surface area contributed by atoms with Gasteiger partial charge >= 0.3 is 0 Å². The van der Waals surface area contributed by atoms with Crippen molar-refractivity contribution in [2.45, 2.75) is 12.8 Å². The second-order valence-corrected chi connectivity index (χ2v) is 7.58. The molecule has 0 unspecified atom stereocenters. The lowest BCUT2D eigenvalue weighted by Gasteiger charge is -2.37. The van der Waals surface area contributed by atoms with Gasteiger partial charge in [-0.1, -0.05) is 12.2 Å². The molecule has 0 N–H and O–H groups in total. The van der Waals surface area contributed by atoms with Crippen molar-refractivity contribution in [3.8, 4) is 11.3 Å². The van der Waals surface area contributed by atoms with E-state index in [1.165, 1.54) is 18.3 Å². The summed E-state index contributed by atoms with van der Waals surface area (Å²) in [5, 5.41) is 15.9. The van der Waals surface area contributed by atoms with Gasteiger partial charge in [0.2, 0.25) is 0 Å². The molecule has 8 nitrogen and oxygen atoms in total. The van der Waals surface area contributed by atoms with E-state index in [1.54, 1.807) is 24.3 Å². The molecule has 8 heteroatoms. The largest absolute Gasteiger partial charge is 0.455 e. The maximum Gasteiger partial charge on any atom is 0.269 e. The van der Waals surface area contributed by atoms with E-state index in [1.807, 2.05) is 0 Å². The summed E-state index contributed by atoms with van der Waals surface area (Å²) in [4.78, 5) is 35.8. The zero-order valence-corrected chi connectivity index (χ0v) is 15.3. The Labute approximate surface area is 165 Å². The molecule has 2 bridgehead atoms. The standard InChI is InChI=1S/C21H17N3O5/c25-20-18-13-1-2-14(4-3-13)19(18)21(26)23(20)22-11-16-9-10-17(29-16)12-5-7-15(8-6-12)24(27)28/h1-2,5-11,13-14,18-19H,3-4H2/b22-11-/t13-,14+,18-,19+. The number of benzene rings is 1. The minimum absolute atomic E-state index is 0.00178. The van der Waals surface area contributed by atoms with Gasteiger partial charge in [0.1, 0.15) is 11.5 Å². The number of fused-ring (bicyclic) bond motifs is 1. The Hall–Kier alpha value is -3.55. The number of hydrogen-bond acceptors (Lipinski definition) is 6. The molecule has 1 aromatic carbocycles. The van der Waals surface area contributed by atoms with Gasteiger partial charge in [0.25, 0.3) is 17.5 Å². The van der Waals surface area contributed by atoms with Crippen LogP contribution >= 0.6 is 0 Å². The van der Waals surface area contributed by atoms with Gasteiger partial charge < -0.3 is 4.42 Å². The third-order valence-corrected chi connectivity index (χ3v) is 6.03. The highest BCUT2D eigenvalue weighted by atomic mass is 16.6. The van der Waals surface area contributed by atoms with Crippen LogP contribution in [-0.4, -0.2) is 28.0 Å². The summed E-state index contributed by atoms with van der Waals surface area (Å²) in [6, 6.07) is 9.37. The minimum atomic E-state index is -0.465. The lowest BCUT2D eigenvalue weighted by molar-refractivity contribution is -0.384. The number of imide groups is 1. The van der Waals surface area contributed by atoms with Crippen LogP contribution in [-0.2, 0) is 9.59 Å². The number of allylic oxidation sites excluding steroid dienone is 2. The summed E-state index contributed by atoms with van der Waals surface area (Å²) in [5.41, 5.74) is 0.676. The quantitative estimate of drug-likeness (QED) is 0.261. The Morgan fingerprint density at radius 1 is 1.00 bits per heavy atom. The molecule has 146 valence electrons. The highest BCUT2D eigenvalue weighted by Gasteiger charge is 2.56. The molecule has 1 saturated carbocycles. The highest BCUT2D eigenvalue weighted by molar-refractivity contribution is 6.06.